The molecule has 0 radical (unpaired) electrons. The highest BCUT2D eigenvalue weighted by Crippen LogP contribution is 2.34. The molecular weight excluding hydrogens is 350 g/mol. The lowest BCUT2D eigenvalue weighted by molar-refractivity contribution is 0.249. The van der Waals surface area contributed by atoms with Crippen molar-refractivity contribution in [2.24, 2.45) is 5.92 Å². The number of likely N-dealkylation sites (N-methyl/N-ethyl adjacent to an activating group) is 1. The van der Waals surface area contributed by atoms with Crippen molar-refractivity contribution in [1.82, 2.24) is 10.2 Å². The first-order valence-corrected chi connectivity index (χ1v) is 9.47. The van der Waals surface area contributed by atoms with Crippen LogP contribution in [0.5, 0.6) is 11.5 Å². The van der Waals surface area contributed by atoms with E-state index in [0.717, 1.165) is 13.1 Å². The highest BCUT2D eigenvalue weighted by Gasteiger charge is 2.32. The maximum atomic E-state index is 12.3. The van der Waals surface area contributed by atoms with Gasteiger partial charge in [-0.05, 0) is 36.5 Å². The third-order valence-electron chi connectivity index (χ3n) is 4.71. The summed E-state index contributed by atoms with van der Waals surface area (Å²) in [5.74, 6) is 2.12. The Balaban J connectivity index is 1.58. The molecular formula is C19H25N3O3S. The lowest BCUT2D eigenvalue weighted by Crippen LogP contribution is -2.35. The van der Waals surface area contributed by atoms with Crippen LogP contribution in [0.3, 0.4) is 0 Å². The monoisotopic (exact) mass is 375 g/mol. The van der Waals surface area contributed by atoms with Crippen LogP contribution in [-0.4, -0.2) is 51.8 Å². The first-order chi connectivity index (χ1) is 12.6. The van der Waals surface area contributed by atoms with E-state index in [4.69, 9.17) is 9.47 Å². The molecule has 0 saturated carbocycles. The maximum Gasteiger partial charge on any atom is 0.319 e. The van der Waals surface area contributed by atoms with E-state index >= 15 is 0 Å². The third kappa shape index (κ3) is 4.28. The number of carbonyl (C=O) groups is 1. The number of nitrogens with zero attached hydrogens (tertiary/aromatic N) is 1. The zero-order valence-electron chi connectivity index (χ0n) is 15.3. The Kier molecular flexibility index (Phi) is 6.00. The number of hydrogen-bond acceptors (Lipinski definition) is 5. The summed E-state index contributed by atoms with van der Waals surface area (Å²) in [5.41, 5.74) is 0.615. The van der Waals surface area contributed by atoms with Gasteiger partial charge in [0.2, 0.25) is 0 Å². The summed E-state index contributed by atoms with van der Waals surface area (Å²) in [4.78, 5) is 16.1. The number of benzene rings is 1. The zero-order chi connectivity index (χ0) is 18.5. The molecule has 0 aliphatic carbocycles. The first-order valence-electron chi connectivity index (χ1n) is 8.59. The number of hydrogen-bond donors (Lipinski definition) is 2. The number of nitrogens with one attached hydrogen (secondary N) is 2. The Hall–Kier alpha value is -2.25. The lowest BCUT2D eigenvalue weighted by Gasteiger charge is -2.18. The largest absolute Gasteiger partial charge is 0.497 e. The van der Waals surface area contributed by atoms with Crippen molar-refractivity contribution < 1.29 is 14.3 Å². The normalized spacial score (nSPS) is 20.0. The molecule has 1 aromatic carbocycles. The number of anilines is 1. The molecule has 2 aromatic rings. The molecule has 2 heterocycles. The van der Waals surface area contributed by atoms with Gasteiger partial charge in [0.05, 0.1) is 19.9 Å². The van der Waals surface area contributed by atoms with Crippen molar-refractivity contribution in [3.63, 3.8) is 0 Å². The predicted octanol–water partition coefficient (Wildman–Crippen LogP) is 3.23. The molecule has 2 N–H and O–H groups in total. The fraction of sp³-hybridized carbons (Fsp3) is 0.421. The maximum absolute atomic E-state index is 12.3. The van der Waals surface area contributed by atoms with E-state index in [1.54, 1.807) is 43.8 Å². The number of thiophene rings is 1. The molecule has 1 aliphatic rings. The second kappa shape index (κ2) is 8.42. The highest BCUT2D eigenvalue weighted by atomic mass is 32.1. The summed E-state index contributed by atoms with van der Waals surface area (Å²) < 4.78 is 10.5. The van der Waals surface area contributed by atoms with Gasteiger partial charge < -0.3 is 25.0 Å². The van der Waals surface area contributed by atoms with Gasteiger partial charge in [-0.3, -0.25) is 0 Å². The van der Waals surface area contributed by atoms with Gasteiger partial charge in [0.25, 0.3) is 0 Å². The molecule has 1 fully saturated rings. The number of methoxy groups -OCH3 is 2. The van der Waals surface area contributed by atoms with Gasteiger partial charge in [-0.15, -0.1) is 11.3 Å². The Morgan fingerprint density at radius 3 is 2.81 bits per heavy atom. The smallest absolute Gasteiger partial charge is 0.319 e. The topological polar surface area (TPSA) is 62.8 Å². The second-order valence-electron chi connectivity index (χ2n) is 6.50. The number of urea groups is 1. The molecule has 2 amide bonds. The average molecular weight is 375 g/mol. The quantitative estimate of drug-likeness (QED) is 0.814. The minimum atomic E-state index is -0.229. The van der Waals surface area contributed by atoms with Gasteiger partial charge in [-0.1, -0.05) is 6.07 Å². The van der Waals surface area contributed by atoms with Crippen LogP contribution in [-0.2, 0) is 0 Å². The average Bonchev–Trinajstić information content (AvgIpc) is 3.29. The molecule has 3 rings (SSSR count). The van der Waals surface area contributed by atoms with Crippen LogP contribution in [0.15, 0.2) is 35.7 Å². The van der Waals surface area contributed by atoms with Gasteiger partial charge >= 0.3 is 6.03 Å². The minimum Gasteiger partial charge on any atom is -0.497 e. The van der Waals surface area contributed by atoms with Crippen molar-refractivity contribution in [3.8, 4) is 11.5 Å². The van der Waals surface area contributed by atoms with E-state index < -0.39 is 0 Å². The molecule has 1 aromatic heterocycles. The summed E-state index contributed by atoms with van der Waals surface area (Å²) in [6, 6.07) is 9.35. The SMILES string of the molecule is COc1ccc(NC(=O)NCC2CN(C)CC2c2cccs2)c(OC)c1. The van der Waals surface area contributed by atoms with Crippen molar-refractivity contribution in [2.75, 3.05) is 46.2 Å². The first kappa shape index (κ1) is 18.5. The van der Waals surface area contributed by atoms with Crippen LogP contribution in [0, 0.1) is 5.92 Å². The molecule has 1 saturated heterocycles. The fourth-order valence-electron chi connectivity index (χ4n) is 3.41. The molecule has 1 aliphatic heterocycles. The van der Waals surface area contributed by atoms with Crippen LogP contribution in [0.25, 0.3) is 0 Å². The second-order valence-corrected chi connectivity index (χ2v) is 7.48. The summed E-state index contributed by atoms with van der Waals surface area (Å²) >= 11 is 1.79. The number of carbonyl (C=O) groups excluding carboxylic acids is 1. The number of amides is 2. The summed E-state index contributed by atoms with van der Waals surface area (Å²) in [5, 5.41) is 7.97. The molecule has 7 heteroatoms. The number of likely N-dealkylation sites (tertiary alicyclic amines) is 1. The number of ether oxygens (including phenoxy) is 2. The Morgan fingerprint density at radius 2 is 2.12 bits per heavy atom. The van der Waals surface area contributed by atoms with Gasteiger partial charge in [0.1, 0.15) is 11.5 Å². The van der Waals surface area contributed by atoms with Crippen molar-refractivity contribution in [1.29, 1.82) is 0 Å². The Morgan fingerprint density at radius 1 is 1.27 bits per heavy atom. The zero-order valence-corrected chi connectivity index (χ0v) is 16.1. The minimum absolute atomic E-state index is 0.229. The number of rotatable bonds is 6. The molecule has 0 spiro atoms. The standard InChI is InChI=1S/C19H25N3O3S/c1-22-11-13(15(12-22)18-5-4-8-26-18)10-20-19(23)21-16-7-6-14(24-2)9-17(16)25-3/h4-9,13,15H,10-12H2,1-3H3,(H2,20,21,23). The lowest BCUT2D eigenvalue weighted by atomic mass is 9.94. The molecule has 0 bridgehead atoms. The van der Waals surface area contributed by atoms with Crippen LogP contribution in [0.4, 0.5) is 10.5 Å². The fourth-order valence-corrected chi connectivity index (χ4v) is 4.32. The highest BCUT2D eigenvalue weighted by molar-refractivity contribution is 7.10. The van der Waals surface area contributed by atoms with Crippen LogP contribution < -0.4 is 20.1 Å². The van der Waals surface area contributed by atoms with Crippen molar-refractivity contribution in [2.45, 2.75) is 5.92 Å². The third-order valence-corrected chi connectivity index (χ3v) is 5.72. The van der Waals surface area contributed by atoms with E-state index in [-0.39, 0.29) is 6.03 Å². The van der Waals surface area contributed by atoms with E-state index in [0.29, 0.717) is 35.6 Å². The molecule has 2 atom stereocenters. The van der Waals surface area contributed by atoms with E-state index in [1.807, 2.05) is 0 Å². The predicted molar refractivity (Wildman–Crippen MR) is 105 cm³/mol. The van der Waals surface area contributed by atoms with Gasteiger partial charge in [0, 0.05) is 36.5 Å². The van der Waals surface area contributed by atoms with Gasteiger partial charge in [0.15, 0.2) is 0 Å². The Bertz CT molecular complexity index is 736. The molecule has 2 unspecified atom stereocenters. The van der Waals surface area contributed by atoms with E-state index in [9.17, 15) is 4.79 Å². The van der Waals surface area contributed by atoms with Crippen molar-refractivity contribution >= 4 is 23.1 Å². The van der Waals surface area contributed by atoms with Crippen LogP contribution in [0.1, 0.15) is 10.8 Å². The Labute approximate surface area is 158 Å². The van der Waals surface area contributed by atoms with E-state index in [2.05, 4.69) is 40.1 Å². The summed E-state index contributed by atoms with van der Waals surface area (Å²) in [6.07, 6.45) is 0. The van der Waals surface area contributed by atoms with E-state index in [1.165, 1.54) is 4.88 Å². The van der Waals surface area contributed by atoms with Crippen LogP contribution >= 0.6 is 11.3 Å². The van der Waals surface area contributed by atoms with Crippen LogP contribution in [0.2, 0.25) is 0 Å². The van der Waals surface area contributed by atoms with Crippen molar-refractivity contribution in [3.05, 3.63) is 40.6 Å². The molecule has 6 nitrogen and oxygen atoms in total. The van der Waals surface area contributed by atoms with Gasteiger partial charge in [-0.2, -0.15) is 0 Å². The summed E-state index contributed by atoms with van der Waals surface area (Å²) in [6.45, 7) is 2.65. The summed E-state index contributed by atoms with van der Waals surface area (Å²) in [7, 11) is 5.29. The van der Waals surface area contributed by atoms with Gasteiger partial charge in [-0.25, -0.2) is 4.79 Å². The molecule has 140 valence electrons. The molecule has 26 heavy (non-hydrogen) atoms.